The first-order valence-corrected chi connectivity index (χ1v) is 6.49. The molecule has 7 heteroatoms. The van der Waals surface area contributed by atoms with Crippen molar-refractivity contribution in [3.05, 3.63) is 45.2 Å². The molecule has 0 aliphatic heterocycles. The molecule has 1 aromatic heterocycles. The molecular formula is C13H11FN2O3S. The highest BCUT2D eigenvalue weighted by molar-refractivity contribution is 7.13. The number of benzene rings is 1. The Morgan fingerprint density at radius 3 is 2.60 bits per heavy atom. The number of hydrogen-bond donors (Lipinski definition) is 2. The highest BCUT2D eigenvalue weighted by Gasteiger charge is 2.20. The molecule has 0 radical (unpaired) electrons. The summed E-state index contributed by atoms with van der Waals surface area (Å²) in [5, 5.41) is 12.1. The molecule has 0 saturated heterocycles. The molecule has 5 nitrogen and oxygen atoms in total. The van der Waals surface area contributed by atoms with Crippen LogP contribution in [0.4, 0.5) is 10.1 Å². The van der Waals surface area contributed by atoms with Crippen LogP contribution in [0, 0.1) is 19.7 Å². The number of nitrogens with one attached hydrogen (secondary N) is 1. The summed E-state index contributed by atoms with van der Waals surface area (Å²) in [6.07, 6.45) is 0. The Bertz CT molecular complexity index is 697. The number of carboxylic acids is 1. The average molecular weight is 294 g/mol. The number of hydrogen-bond acceptors (Lipinski definition) is 4. The van der Waals surface area contributed by atoms with Crippen molar-refractivity contribution in [2.45, 2.75) is 13.8 Å². The summed E-state index contributed by atoms with van der Waals surface area (Å²) in [4.78, 5) is 27.6. The number of carboxylic acid groups (broad SMARTS) is 1. The number of rotatable bonds is 3. The van der Waals surface area contributed by atoms with E-state index in [1.807, 2.05) is 0 Å². The zero-order valence-electron chi connectivity index (χ0n) is 10.7. The van der Waals surface area contributed by atoms with E-state index in [2.05, 4.69) is 10.3 Å². The van der Waals surface area contributed by atoms with E-state index in [-0.39, 0.29) is 5.69 Å². The lowest BCUT2D eigenvalue weighted by molar-refractivity contribution is 0.0693. The molecule has 2 rings (SSSR count). The van der Waals surface area contributed by atoms with Gasteiger partial charge in [0.2, 0.25) is 0 Å². The van der Waals surface area contributed by atoms with Gasteiger partial charge in [0, 0.05) is 0 Å². The van der Waals surface area contributed by atoms with Crippen LogP contribution < -0.4 is 5.32 Å². The molecular weight excluding hydrogens is 283 g/mol. The second kappa shape index (κ2) is 5.38. The largest absolute Gasteiger partial charge is 0.478 e. The zero-order chi connectivity index (χ0) is 14.9. The van der Waals surface area contributed by atoms with E-state index in [4.69, 9.17) is 5.11 Å². The molecule has 0 atom stereocenters. The van der Waals surface area contributed by atoms with Crippen LogP contribution in [-0.4, -0.2) is 22.0 Å². The monoisotopic (exact) mass is 294 g/mol. The minimum atomic E-state index is -1.43. The molecule has 2 aromatic rings. The maximum Gasteiger partial charge on any atom is 0.340 e. The molecule has 0 unspecified atom stereocenters. The number of nitrogens with zero attached hydrogens (tertiary/aromatic N) is 1. The zero-order valence-corrected chi connectivity index (χ0v) is 11.5. The van der Waals surface area contributed by atoms with Crippen LogP contribution in [0.25, 0.3) is 0 Å². The molecule has 0 aliphatic carbocycles. The highest BCUT2D eigenvalue weighted by Crippen LogP contribution is 2.22. The Kier molecular flexibility index (Phi) is 3.80. The van der Waals surface area contributed by atoms with Crippen LogP contribution >= 0.6 is 11.3 Å². The van der Waals surface area contributed by atoms with Gasteiger partial charge in [0.25, 0.3) is 5.91 Å². The molecule has 20 heavy (non-hydrogen) atoms. The molecule has 0 aliphatic rings. The topological polar surface area (TPSA) is 79.3 Å². The Hall–Kier alpha value is -2.28. The summed E-state index contributed by atoms with van der Waals surface area (Å²) in [7, 11) is 0. The summed E-state index contributed by atoms with van der Waals surface area (Å²) in [6, 6.07) is 3.71. The molecule has 2 N–H and O–H groups in total. The van der Waals surface area contributed by atoms with E-state index in [1.165, 1.54) is 23.5 Å². The Balaban J connectivity index is 2.36. The minimum Gasteiger partial charge on any atom is -0.478 e. The van der Waals surface area contributed by atoms with E-state index >= 15 is 0 Å². The SMILES string of the molecule is Cc1nc(C)c(C(=O)Nc2cccc(F)c2C(=O)O)s1. The van der Waals surface area contributed by atoms with Gasteiger partial charge in [-0.15, -0.1) is 11.3 Å². The van der Waals surface area contributed by atoms with E-state index in [0.717, 1.165) is 11.1 Å². The van der Waals surface area contributed by atoms with Crippen molar-refractivity contribution in [2.24, 2.45) is 0 Å². The van der Waals surface area contributed by atoms with Crippen LogP contribution in [0.15, 0.2) is 18.2 Å². The van der Waals surface area contributed by atoms with Crippen molar-refractivity contribution in [1.82, 2.24) is 4.98 Å². The quantitative estimate of drug-likeness (QED) is 0.912. The van der Waals surface area contributed by atoms with Crippen molar-refractivity contribution in [2.75, 3.05) is 5.32 Å². The molecule has 1 aromatic carbocycles. The number of aromatic nitrogens is 1. The minimum absolute atomic E-state index is 0.0760. The van der Waals surface area contributed by atoms with Gasteiger partial charge >= 0.3 is 5.97 Å². The number of thiazole rings is 1. The van der Waals surface area contributed by atoms with E-state index in [1.54, 1.807) is 13.8 Å². The molecule has 104 valence electrons. The number of carbonyl (C=O) groups is 2. The fourth-order valence-electron chi connectivity index (χ4n) is 1.77. The number of aryl methyl sites for hydroxylation is 2. The number of carbonyl (C=O) groups excluding carboxylic acids is 1. The van der Waals surface area contributed by atoms with Crippen LogP contribution in [0.3, 0.4) is 0 Å². The van der Waals surface area contributed by atoms with Crippen LogP contribution in [0.2, 0.25) is 0 Å². The van der Waals surface area contributed by atoms with Gasteiger partial charge in [-0.1, -0.05) is 6.07 Å². The van der Waals surface area contributed by atoms with Crippen molar-refractivity contribution in [3.63, 3.8) is 0 Å². The van der Waals surface area contributed by atoms with Crippen molar-refractivity contribution in [1.29, 1.82) is 0 Å². The average Bonchev–Trinajstić information content (AvgIpc) is 2.68. The summed E-state index contributed by atoms with van der Waals surface area (Å²) in [5.74, 6) is -2.83. The predicted octanol–water partition coefficient (Wildman–Crippen LogP) is 2.85. The lowest BCUT2D eigenvalue weighted by Crippen LogP contribution is -2.15. The third-order valence-corrected chi connectivity index (χ3v) is 3.66. The molecule has 1 amide bonds. The first kappa shape index (κ1) is 14.1. The number of anilines is 1. The second-order valence-corrected chi connectivity index (χ2v) is 5.27. The Morgan fingerprint density at radius 1 is 1.35 bits per heavy atom. The number of aromatic carboxylic acids is 1. The molecule has 0 fully saturated rings. The standard InChI is InChI=1S/C13H11FN2O3S/c1-6-11(20-7(2)15-6)12(17)16-9-5-3-4-8(14)10(9)13(18)19/h3-5H,1-2H3,(H,16,17)(H,18,19). The molecule has 1 heterocycles. The highest BCUT2D eigenvalue weighted by atomic mass is 32.1. The van der Waals surface area contributed by atoms with Gasteiger partial charge in [-0.25, -0.2) is 14.2 Å². The van der Waals surface area contributed by atoms with Gasteiger partial charge in [-0.3, -0.25) is 4.79 Å². The summed E-state index contributed by atoms with van der Waals surface area (Å²) in [6.45, 7) is 3.45. The third kappa shape index (κ3) is 2.67. The van der Waals surface area contributed by atoms with Crippen LogP contribution in [0.1, 0.15) is 30.7 Å². The van der Waals surface area contributed by atoms with Gasteiger partial charge < -0.3 is 10.4 Å². The maximum atomic E-state index is 13.5. The van der Waals surface area contributed by atoms with Gasteiger partial charge in [-0.05, 0) is 26.0 Å². The Morgan fingerprint density at radius 2 is 2.05 bits per heavy atom. The van der Waals surface area contributed by atoms with Crippen molar-refractivity contribution in [3.8, 4) is 0 Å². The summed E-state index contributed by atoms with van der Waals surface area (Å²) < 4.78 is 13.5. The number of amides is 1. The van der Waals surface area contributed by atoms with Crippen LogP contribution in [-0.2, 0) is 0 Å². The van der Waals surface area contributed by atoms with Crippen molar-refractivity contribution < 1.29 is 19.1 Å². The van der Waals surface area contributed by atoms with E-state index in [0.29, 0.717) is 10.6 Å². The van der Waals surface area contributed by atoms with Gasteiger partial charge in [-0.2, -0.15) is 0 Å². The van der Waals surface area contributed by atoms with E-state index in [9.17, 15) is 14.0 Å². The fourth-order valence-corrected chi connectivity index (χ4v) is 2.58. The third-order valence-electron chi connectivity index (χ3n) is 2.59. The maximum absolute atomic E-state index is 13.5. The molecule has 0 bridgehead atoms. The van der Waals surface area contributed by atoms with Crippen molar-refractivity contribution >= 4 is 28.9 Å². The molecule has 0 saturated carbocycles. The fraction of sp³-hybridized carbons (Fsp3) is 0.154. The van der Waals surface area contributed by atoms with Gasteiger partial charge in [0.05, 0.1) is 16.4 Å². The normalized spacial score (nSPS) is 10.3. The lowest BCUT2D eigenvalue weighted by atomic mass is 10.1. The summed E-state index contributed by atoms with van der Waals surface area (Å²) in [5.41, 5.74) is -0.0778. The van der Waals surface area contributed by atoms with Gasteiger partial charge in [0.1, 0.15) is 16.3 Å². The van der Waals surface area contributed by atoms with Crippen LogP contribution in [0.5, 0.6) is 0 Å². The first-order valence-electron chi connectivity index (χ1n) is 5.67. The Labute approximate surface area is 118 Å². The van der Waals surface area contributed by atoms with Gasteiger partial charge in [0.15, 0.2) is 0 Å². The summed E-state index contributed by atoms with van der Waals surface area (Å²) >= 11 is 1.20. The number of halogens is 1. The first-order chi connectivity index (χ1) is 9.40. The molecule has 0 spiro atoms. The smallest absolute Gasteiger partial charge is 0.340 e. The van der Waals surface area contributed by atoms with E-state index < -0.39 is 23.3 Å². The second-order valence-electron chi connectivity index (χ2n) is 4.07. The predicted molar refractivity (Wildman–Crippen MR) is 72.9 cm³/mol. The lowest BCUT2D eigenvalue weighted by Gasteiger charge is -2.08.